The summed E-state index contributed by atoms with van der Waals surface area (Å²) in [6.45, 7) is 6.02. The summed E-state index contributed by atoms with van der Waals surface area (Å²) in [5.41, 5.74) is 1.15. The number of hydrogen-bond donors (Lipinski definition) is 2. The summed E-state index contributed by atoms with van der Waals surface area (Å²) < 4.78 is 13.4. The third kappa shape index (κ3) is 2.12. The number of hydrogen-bond acceptors (Lipinski definition) is 2. The Kier molecular flexibility index (Phi) is 2.60. The minimum atomic E-state index is -1.10. The molecule has 2 N–H and O–H groups in total. The van der Waals surface area contributed by atoms with Crippen LogP contribution in [0.5, 0.6) is 0 Å². The van der Waals surface area contributed by atoms with E-state index in [4.69, 9.17) is 5.11 Å². The average molecular weight is 237 g/mol. The number of carboxylic acids is 1. The number of anilines is 1. The summed E-state index contributed by atoms with van der Waals surface area (Å²) in [4.78, 5) is 11.1. The van der Waals surface area contributed by atoms with Gasteiger partial charge in [-0.3, -0.25) is 0 Å². The van der Waals surface area contributed by atoms with Crippen LogP contribution in [-0.2, 0) is 0 Å². The topological polar surface area (TPSA) is 49.3 Å². The number of nitrogens with one attached hydrogen (secondary N) is 1. The second-order valence-corrected chi connectivity index (χ2v) is 5.34. The van der Waals surface area contributed by atoms with Gasteiger partial charge in [0.2, 0.25) is 0 Å². The number of carbonyl (C=O) groups is 1. The molecule has 1 aliphatic rings. The van der Waals surface area contributed by atoms with Crippen molar-refractivity contribution in [2.75, 3.05) is 5.32 Å². The first-order valence-corrected chi connectivity index (χ1v) is 5.65. The molecule has 3 nitrogen and oxygen atoms in total. The zero-order valence-electron chi connectivity index (χ0n) is 10.2. The molecule has 0 saturated heterocycles. The zero-order valence-corrected chi connectivity index (χ0v) is 10.2. The molecule has 4 heteroatoms. The standard InChI is InChI=1S/C13H16FNO2/c1-7-6-13(2,3)15-11-9(7)4-8(14)5-10(11)12(16)17/h4-5,7,15H,6H2,1-3H3,(H,16,17)/t7-/m0/s1. The Balaban J connectivity index is 2.63. The molecule has 17 heavy (non-hydrogen) atoms. The van der Waals surface area contributed by atoms with Crippen LogP contribution < -0.4 is 5.32 Å². The van der Waals surface area contributed by atoms with Crippen LogP contribution in [0.25, 0.3) is 0 Å². The summed E-state index contributed by atoms with van der Waals surface area (Å²) in [5, 5.41) is 12.3. The first-order valence-electron chi connectivity index (χ1n) is 5.65. The molecule has 1 aromatic rings. The highest BCUT2D eigenvalue weighted by Gasteiger charge is 2.32. The predicted molar refractivity (Wildman–Crippen MR) is 64.1 cm³/mol. The molecule has 0 amide bonds. The van der Waals surface area contributed by atoms with Crippen molar-refractivity contribution in [3.05, 3.63) is 29.1 Å². The fourth-order valence-corrected chi connectivity index (χ4v) is 2.59. The molecular formula is C13H16FNO2. The first-order chi connectivity index (χ1) is 7.80. The van der Waals surface area contributed by atoms with Crippen LogP contribution in [-0.4, -0.2) is 16.6 Å². The Morgan fingerprint density at radius 1 is 1.53 bits per heavy atom. The molecule has 0 saturated carbocycles. The SMILES string of the molecule is C[C@H]1CC(C)(C)Nc2c(C(=O)O)cc(F)cc21. The molecule has 0 spiro atoms. The van der Waals surface area contributed by atoms with Crippen LogP contribution in [0.4, 0.5) is 10.1 Å². The summed E-state index contributed by atoms with van der Waals surface area (Å²) in [7, 11) is 0. The average Bonchev–Trinajstić information content (AvgIpc) is 2.17. The summed E-state index contributed by atoms with van der Waals surface area (Å²) in [5.74, 6) is -1.44. The van der Waals surface area contributed by atoms with Crippen molar-refractivity contribution in [2.24, 2.45) is 0 Å². The van der Waals surface area contributed by atoms with Gasteiger partial charge in [-0.25, -0.2) is 9.18 Å². The molecule has 1 aromatic carbocycles. The molecule has 92 valence electrons. The van der Waals surface area contributed by atoms with Crippen molar-refractivity contribution in [3.8, 4) is 0 Å². The maximum atomic E-state index is 13.4. The number of rotatable bonds is 1. The third-order valence-electron chi connectivity index (χ3n) is 3.17. The van der Waals surface area contributed by atoms with Crippen molar-refractivity contribution in [2.45, 2.75) is 38.6 Å². The van der Waals surface area contributed by atoms with Crippen LogP contribution in [0.2, 0.25) is 0 Å². The van der Waals surface area contributed by atoms with Crippen molar-refractivity contribution < 1.29 is 14.3 Å². The van der Waals surface area contributed by atoms with E-state index in [2.05, 4.69) is 5.32 Å². The van der Waals surface area contributed by atoms with Crippen LogP contribution in [0, 0.1) is 5.82 Å². The molecule has 1 atom stereocenters. The Bertz CT molecular complexity index is 483. The maximum Gasteiger partial charge on any atom is 0.337 e. The molecule has 1 aliphatic heterocycles. The van der Waals surface area contributed by atoms with E-state index in [0.717, 1.165) is 18.1 Å². The molecule has 2 rings (SSSR count). The number of halogens is 1. The van der Waals surface area contributed by atoms with Gasteiger partial charge in [0.05, 0.1) is 11.3 Å². The second-order valence-electron chi connectivity index (χ2n) is 5.34. The normalized spacial score (nSPS) is 21.5. The fourth-order valence-electron chi connectivity index (χ4n) is 2.59. The van der Waals surface area contributed by atoms with Gasteiger partial charge in [-0.2, -0.15) is 0 Å². The minimum Gasteiger partial charge on any atom is -0.478 e. The van der Waals surface area contributed by atoms with Gasteiger partial charge in [-0.1, -0.05) is 6.92 Å². The lowest BCUT2D eigenvalue weighted by Gasteiger charge is -2.38. The smallest absolute Gasteiger partial charge is 0.337 e. The van der Waals surface area contributed by atoms with Gasteiger partial charge < -0.3 is 10.4 Å². The van der Waals surface area contributed by atoms with Gasteiger partial charge in [-0.05, 0) is 43.9 Å². The minimum absolute atomic E-state index is 0.0135. The Hall–Kier alpha value is -1.58. The highest BCUT2D eigenvalue weighted by molar-refractivity contribution is 5.95. The van der Waals surface area contributed by atoms with Crippen LogP contribution in [0.15, 0.2) is 12.1 Å². The Labute approximate surface area is 99.7 Å². The number of fused-ring (bicyclic) bond motifs is 1. The number of aromatic carboxylic acids is 1. The van der Waals surface area contributed by atoms with E-state index in [9.17, 15) is 9.18 Å². The van der Waals surface area contributed by atoms with E-state index in [1.54, 1.807) is 0 Å². The Morgan fingerprint density at radius 3 is 2.76 bits per heavy atom. The van der Waals surface area contributed by atoms with Gasteiger partial charge >= 0.3 is 5.97 Å². The highest BCUT2D eigenvalue weighted by Crippen LogP contribution is 2.40. The highest BCUT2D eigenvalue weighted by atomic mass is 19.1. The molecule has 0 unspecified atom stereocenters. The lowest BCUT2D eigenvalue weighted by molar-refractivity contribution is 0.0697. The van der Waals surface area contributed by atoms with Crippen molar-refractivity contribution in [1.29, 1.82) is 0 Å². The van der Waals surface area contributed by atoms with Gasteiger partial charge in [0.15, 0.2) is 0 Å². The lowest BCUT2D eigenvalue weighted by atomic mass is 9.81. The third-order valence-corrected chi connectivity index (χ3v) is 3.17. The van der Waals surface area contributed by atoms with Crippen molar-refractivity contribution in [3.63, 3.8) is 0 Å². The van der Waals surface area contributed by atoms with Crippen LogP contribution >= 0.6 is 0 Å². The second kappa shape index (κ2) is 3.72. The number of carboxylic acid groups (broad SMARTS) is 1. The monoisotopic (exact) mass is 237 g/mol. The molecule has 0 aliphatic carbocycles. The lowest BCUT2D eigenvalue weighted by Crippen LogP contribution is -2.37. The number of benzene rings is 1. The van der Waals surface area contributed by atoms with Gasteiger partial charge in [0, 0.05) is 5.54 Å². The first kappa shape index (κ1) is 11.9. The molecular weight excluding hydrogens is 221 g/mol. The van der Waals surface area contributed by atoms with E-state index in [1.165, 1.54) is 6.07 Å². The van der Waals surface area contributed by atoms with E-state index in [1.807, 2.05) is 20.8 Å². The zero-order chi connectivity index (χ0) is 12.8. The molecule has 1 heterocycles. The largest absolute Gasteiger partial charge is 0.478 e. The van der Waals surface area contributed by atoms with E-state index >= 15 is 0 Å². The van der Waals surface area contributed by atoms with Crippen LogP contribution in [0.3, 0.4) is 0 Å². The maximum absolute atomic E-state index is 13.4. The van der Waals surface area contributed by atoms with Crippen molar-refractivity contribution >= 4 is 11.7 Å². The molecule has 0 radical (unpaired) electrons. The van der Waals surface area contributed by atoms with E-state index in [0.29, 0.717) is 5.69 Å². The van der Waals surface area contributed by atoms with E-state index in [-0.39, 0.29) is 17.0 Å². The summed E-state index contributed by atoms with van der Waals surface area (Å²) in [6.07, 6.45) is 0.850. The van der Waals surface area contributed by atoms with Gasteiger partial charge in [0.25, 0.3) is 0 Å². The molecule has 0 fully saturated rings. The molecule has 0 aromatic heterocycles. The predicted octanol–water partition coefficient (Wildman–Crippen LogP) is 3.22. The fraction of sp³-hybridized carbons (Fsp3) is 0.462. The van der Waals surface area contributed by atoms with Gasteiger partial charge in [0.1, 0.15) is 5.82 Å². The van der Waals surface area contributed by atoms with Crippen LogP contribution in [0.1, 0.15) is 49.0 Å². The summed E-state index contributed by atoms with van der Waals surface area (Å²) in [6, 6.07) is 2.50. The quantitative estimate of drug-likeness (QED) is 0.788. The molecule has 0 bridgehead atoms. The van der Waals surface area contributed by atoms with Gasteiger partial charge in [-0.15, -0.1) is 0 Å². The van der Waals surface area contributed by atoms with Crippen molar-refractivity contribution in [1.82, 2.24) is 0 Å². The Morgan fingerprint density at radius 2 is 2.18 bits per heavy atom. The van der Waals surface area contributed by atoms with E-state index < -0.39 is 11.8 Å². The summed E-state index contributed by atoms with van der Waals surface area (Å²) >= 11 is 0.